The minimum absolute atomic E-state index is 0.0130. The van der Waals surface area contributed by atoms with Crippen LogP contribution in [0.5, 0.6) is 0 Å². The molecule has 0 saturated heterocycles. The predicted octanol–water partition coefficient (Wildman–Crippen LogP) is 3.77. The van der Waals surface area contributed by atoms with Crippen molar-refractivity contribution in [2.24, 2.45) is 4.99 Å². The predicted molar refractivity (Wildman–Crippen MR) is 135 cm³/mol. The van der Waals surface area contributed by atoms with Gasteiger partial charge in [-0.2, -0.15) is 10.2 Å². The number of para-hydroxylation sites is 1. The number of quaternary nitrogens is 1. The van der Waals surface area contributed by atoms with Crippen LogP contribution >= 0.6 is 0 Å². The third-order valence-corrected chi connectivity index (χ3v) is 6.24. The van der Waals surface area contributed by atoms with Gasteiger partial charge in [-0.05, 0) is 35.4 Å². The Labute approximate surface area is 207 Å². The minimum Gasteiger partial charge on any atom is -0.477 e. The monoisotopic (exact) mass is 485 g/mol. The Morgan fingerprint density at radius 3 is 2.47 bits per heavy atom. The smallest absolute Gasteiger partial charge is 0.405 e. The summed E-state index contributed by atoms with van der Waals surface area (Å²) in [4.78, 5) is 16.7. The lowest BCUT2D eigenvalue weighted by molar-refractivity contribution is 0.0694. The first kappa shape index (κ1) is 23.3. The number of benzene rings is 3. The van der Waals surface area contributed by atoms with E-state index in [4.69, 9.17) is 4.74 Å². The lowest BCUT2D eigenvalue weighted by Crippen LogP contribution is -2.55. The van der Waals surface area contributed by atoms with E-state index in [1.165, 1.54) is 0 Å². The van der Waals surface area contributed by atoms with Crippen LogP contribution in [0.15, 0.2) is 71.7 Å². The average molecular weight is 486 g/mol. The number of nitrogens with zero attached hydrogens (tertiary/aromatic N) is 5. The molecule has 10 heteroatoms. The Morgan fingerprint density at radius 1 is 1.03 bits per heavy atom. The maximum atomic E-state index is 12.1. The van der Waals surface area contributed by atoms with E-state index < -0.39 is 5.97 Å². The van der Waals surface area contributed by atoms with Gasteiger partial charge < -0.3 is 14.9 Å². The summed E-state index contributed by atoms with van der Waals surface area (Å²) in [5.74, 6) is -0.539. The first-order valence-electron chi connectivity index (χ1n) is 11.6. The number of H-pyrrole nitrogens is 1. The van der Waals surface area contributed by atoms with Crippen molar-refractivity contribution in [3.8, 4) is 22.5 Å². The quantitative estimate of drug-likeness (QED) is 0.324. The van der Waals surface area contributed by atoms with Crippen LogP contribution in [0.2, 0.25) is 0 Å². The number of amidine groups is 1. The van der Waals surface area contributed by atoms with Crippen molar-refractivity contribution >= 4 is 23.4 Å². The molecule has 36 heavy (non-hydrogen) atoms. The van der Waals surface area contributed by atoms with E-state index in [1.54, 1.807) is 18.2 Å². The number of hydrogen-bond acceptors (Lipinski definition) is 7. The fourth-order valence-electron chi connectivity index (χ4n) is 4.73. The van der Waals surface area contributed by atoms with Crippen LogP contribution in [0.1, 0.15) is 22.8 Å². The number of rotatable bonds is 8. The largest absolute Gasteiger partial charge is 0.477 e. The topological polar surface area (TPSA) is 134 Å². The Hall–Kier alpha value is -4.41. The first-order valence-corrected chi connectivity index (χ1v) is 11.6. The van der Waals surface area contributed by atoms with Gasteiger partial charge in [-0.15, -0.1) is 10.2 Å². The highest BCUT2D eigenvalue weighted by Gasteiger charge is 2.48. The molecule has 0 fully saturated rings. The summed E-state index contributed by atoms with van der Waals surface area (Å²) in [6.45, 7) is 2.64. The number of fused-ring (bicyclic) bond motifs is 1. The summed E-state index contributed by atoms with van der Waals surface area (Å²) >= 11 is 0. The molecule has 5 rings (SSSR count). The van der Waals surface area contributed by atoms with Crippen LogP contribution in [0.25, 0.3) is 22.5 Å². The van der Waals surface area contributed by atoms with Crippen molar-refractivity contribution in [1.82, 2.24) is 25.1 Å². The fraction of sp³-hybridized carbons (Fsp3) is 0.192. The van der Waals surface area contributed by atoms with E-state index in [1.807, 2.05) is 55.5 Å². The summed E-state index contributed by atoms with van der Waals surface area (Å²) in [5, 5.41) is 34.3. The van der Waals surface area contributed by atoms with Gasteiger partial charge in [0.1, 0.15) is 24.3 Å². The summed E-state index contributed by atoms with van der Waals surface area (Å²) in [6.07, 6.45) is 0. The van der Waals surface area contributed by atoms with E-state index in [9.17, 15) is 15.0 Å². The van der Waals surface area contributed by atoms with E-state index >= 15 is 0 Å². The average Bonchev–Trinajstić information content (AvgIpc) is 3.53. The standard InChI is InChI=1S/C26H24N6O4/c1-2-36-26-27-22-9-5-8-21(25(34)35)23(22)32(26,14-15-33)16-17-10-12-18(13-11-17)19-6-3-4-7-20(19)24-28-30-31-29-24/h3-13,33H,2,14-16H2,1H3,(H-,28,29,30,31,34,35)/p+1. The fourth-order valence-corrected chi connectivity index (χ4v) is 4.73. The highest BCUT2D eigenvalue weighted by atomic mass is 16.5. The molecule has 0 saturated carbocycles. The molecule has 0 aliphatic carbocycles. The molecule has 0 radical (unpaired) electrons. The van der Waals surface area contributed by atoms with Gasteiger partial charge >= 0.3 is 12.0 Å². The zero-order chi connectivity index (χ0) is 25.1. The summed E-state index contributed by atoms with van der Waals surface area (Å²) < 4.78 is 5.89. The molecule has 3 N–H and O–H groups in total. The molecule has 0 amide bonds. The van der Waals surface area contributed by atoms with Crippen molar-refractivity contribution in [1.29, 1.82) is 0 Å². The van der Waals surface area contributed by atoms with Crippen LogP contribution in [0.4, 0.5) is 11.4 Å². The van der Waals surface area contributed by atoms with Gasteiger partial charge in [0.2, 0.25) is 5.82 Å². The molecule has 0 spiro atoms. The number of aliphatic hydroxyl groups is 1. The van der Waals surface area contributed by atoms with Crippen LogP contribution < -0.4 is 4.48 Å². The van der Waals surface area contributed by atoms with Crippen molar-refractivity contribution in [3.63, 3.8) is 0 Å². The molecule has 0 bridgehead atoms. The van der Waals surface area contributed by atoms with Crippen LogP contribution in [0.3, 0.4) is 0 Å². The van der Waals surface area contributed by atoms with Gasteiger partial charge in [0.05, 0.1) is 13.2 Å². The second-order valence-corrected chi connectivity index (χ2v) is 8.36. The first-order chi connectivity index (χ1) is 17.6. The highest BCUT2D eigenvalue weighted by molar-refractivity contribution is 6.06. The molecule has 1 aliphatic rings. The number of aliphatic hydroxyl groups excluding tert-OH is 1. The summed E-state index contributed by atoms with van der Waals surface area (Å²) in [6, 6.07) is 21.2. The van der Waals surface area contributed by atoms with Crippen molar-refractivity contribution in [3.05, 3.63) is 77.9 Å². The second kappa shape index (κ2) is 9.68. The molecule has 2 heterocycles. The molecular formula is C26H25N6O4+. The number of aromatic nitrogens is 4. The SMILES string of the molecule is CCOC1=Nc2cccc(C(=O)O)c2[N+]1(CCO)Cc1ccc(-c2ccccc2-c2nn[nH]n2)cc1. The number of aliphatic imine (C=N–C) groups is 1. The number of tetrazole rings is 1. The third kappa shape index (κ3) is 4.02. The summed E-state index contributed by atoms with van der Waals surface area (Å²) in [5.41, 5.74) is 4.93. The van der Waals surface area contributed by atoms with Crippen LogP contribution in [-0.2, 0) is 11.3 Å². The normalized spacial score (nSPS) is 16.4. The number of ether oxygens (including phenoxy) is 1. The van der Waals surface area contributed by atoms with Crippen LogP contribution in [-0.4, -0.2) is 62.6 Å². The maximum Gasteiger partial charge on any atom is 0.405 e. The van der Waals surface area contributed by atoms with Crippen LogP contribution in [0, 0.1) is 0 Å². The van der Waals surface area contributed by atoms with Gasteiger partial charge in [-0.1, -0.05) is 54.6 Å². The van der Waals surface area contributed by atoms with Gasteiger partial charge in [-0.25, -0.2) is 9.28 Å². The molecule has 1 aliphatic heterocycles. The van der Waals surface area contributed by atoms with E-state index in [0.29, 0.717) is 36.4 Å². The van der Waals surface area contributed by atoms with Gasteiger partial charge in [0, 0.05) is 11.1 Å². The molecule has 182 valence electrons. The Kier molecular flexibility index (Phi) is 6.28. The molecule has 10 nitrogen and oxygen atoms in total. The van der Waals surface area contributed by atoms with E-state index in [2.05, 4.69) is 25.6 Å². The molecular weight excluding hydrogens is 460 g/mol. The molecule has 4 aromatic rings. The van der Waals surface area contributed by atoms with Crippen molar-refractivity contribution < 1.29 is 19.7 Å². The minimum atomic E-state index is -1.05. The Morgan fingerprint density at radius 2 is 1.81 bits per heavy atom. The third-order valence-electron chi connectivity index (χ3n) is 6.24. The zero-order valence-corrected chi connectivity index (χ0v) is 19.6. The lowest BCUT2D eigenvalue weighted by atomic mass is 9.98. The number of carbonyl (C=O) groups is 1. The Bertz CT molecular complexity index is 1420. The number of aromatic amines is 1. The van der Waals surface area contributed by atoms with Gasteiger partial charge in [-0.3, -0.25) is 0 Å². The molecule has 1 aromatic heterocycles. The Balaban J connectivity index is 1.55. The zero-order valence-electron chi connectivity index (χ0n) is 19.6. The number of hydrogen-bond donors (Lipinski definition) is 3. The van der Waals surface area contributed by atoms with Crippen molar-refractivity contribution in [2.75, 3.05) is 19.8 Å². The van der Waals surface area contributed by atoms with Crippen molar-refractivity contribution in [2.45, 2.75) is 13.5 Å². The van der Waals surface area contributed by atoms with Gasteiger partial charge in [0.15, 0.2) is 5.69 Å². The molecule has 3 aromatic carbocycles. The second-order valence-electron chi connectivity index (χ2n) is 8.36. The van der Waals surface area contributed by atoms with E-state index in [0.717, 1.165) is 22.3 Å². The number of carboxylic acids is 1. The lowest BCUT2D eigenvalue weighted by Gasteiger charge is -2.33. The van der Waals surface area contributed by atoms with E-state index in [-0.39, 0.29) is 23.2 Å². The molecule has 1 unspecified atom stereocenters. The number of nitrogens with one attached hydrogen (secondary N) is 1. The number of aromatic carboxylic acids is 1. The number of carboxylic acid groups (broad SMARTS) is 1. The maximum absolute atomic E-state index is 12.1. The highest BCUT2D eigenvalue weighted by Crippen LogP contribution is 2.45. The summed E-state index contributed by atoms with van der Waals surface area (Å²) in [7, 11) is 0. The van der Waals surface area contributed by atoms with Gasteiger partial charge in [0.25, 0.3) is 0 Å². The molecule has 1 atom stereocenters.